The lowest BCUT2D eigenvalue weighted by molar-refractivity contribution is -0.119. The van der Waals surface area contributed by atoms with Gasteiger partial charge in [0.2, 0.25) is 5.91 Å². The Kier molecular flexibility index (Phi) is 3.85. The fourth-order valence-corrected chi connectivity index (χ4v) is 3.33. The van der Waals surface area contributed by atoms with Gasteiger partial charge in [-0.25, -0.2) is 4.79 Å². The number of piperidine rings is 1. The first-order chi connectivity index (χ1) is 9.63. The molecule has 5 heteroatoms. The second kappa shape index (κ2) is 5.62. The van der Waals surface area contributed by atoms with Crippen molar-refractivity contribution >= 4 is 11.9 Å². The van der Waals surface area contributed by atoms with E-state index in [2.05, 4.69) is 10.6 Å². The number of hydrogen-bond acceptors (Lipinski definition) is 2. The van der Waals surface area contributed by atoms with Gasteiger partial charge in [0.1, 0.15) is 0 Å². The average molecular weight is 279 g/mol. The molecule has 0 radical (unpaired) electrons. The van der Waals surface area contributed by atoms with Crippen LogP contribution >= 0.6 is 0 Å². The Morgan fingerprint density at radius 1 is 1.10 bits per heavy atom. The summed E-state index contributed by atoms with van der Waals surface area (Å²) in [5, 5.41) is 6.19. The van der Waals surface area contributed by atoms with E-state index < -0.39 is 0 Å². The van der Waals surface area contributed by atoms with Crippen LogP contribution in [0.25, 0.3) is 0 Å². The molecule has 112 valence electrons. The minimum Gasteiger partial charge on any atom is -0.352 e. The third kappa shape index (κ3) is 3.44. The average Bonchev–Trinajstić information content (AvgIpc) is 3.28. The van der Waals surface area contributed by atoms with Crippen LogP contribution in [0.1, 0.15) is 45.4 Å². The number of carbonyl (C=O) groups excluding carboxylic acids is 2. The molecular formula is C15H25N3O2. The Balaban J connectivity index is 1.51. The fraction of sp³-hybridized carbons (Fsp3) is 0.867. The maximum Gasteiger partial charge on any atom is 0.317 e. The molecule has 0 aromatic carbocycles. The second-order valence-electron chi connectivity index (χ2n) is 6.64. The van der Waals surface area contributed by atoms with Crippen LogP contribution in [0.4, 0.5) is 4.79 Å². The van der Waals surface area contributed by atoms with E-state index in [4.69, 9.17) is 0 Å². The fourth-order valence-electron chi connectivity index (χ4n) is 3.33. The first-order valence-electron chi connectivity index (χ1n) is 7.96. The van der Waals surface area contributed by atoms with Crippen molar-refractivity contribution in [2.45, 2.75) is 57.5 Å². The number of hydrogen-bond donors (Lipinski definition) is 2. The molecule has 3 rings (SSSR count). The molecule has 0 aromatic rings. The van der Waals surface area contributed by atoms with Gasteiger partial charge in [-0.15, -0.1) is 0 Å². The van der Waals surface area contributed by atoms with E-state index in [0.29, 0.717) is 12.6 Å². The van der Waals surface area contributed by atoms with E-state index in [1.54, 1.807) is 0 Å². The predicted molar refractivity (Wildman–Crippen MR) is 76.2 cm³/mol. The van der Waals surface area contributed by atoms with E-state index in [9.17, 15) is 9.59 Å². The zero-order valence-electron chi connectivity index (χ0n) is 12.2. The topological polar surface area (TPSA) is 61.4 Å². The molecule has 1 unspecified atom stereocenters. The smallest absolute Gasteiger partial charge is 0.317 e. The molecule has 1 atom stereocenters. The number of rotatable bonds is 4. The number of nitrogens with one attached hydrogen (secondary N) is 2. The van der Waals surface area contributed by atoms with Gasteiger partial charge in [-0.1, -0.05) is 0 Å². The van der Waals surface area contributed by atoms with Crippen LogP contribution in [-0.4, -0.2) is 42.0 Å². The minimum atomic E-state index is -0.00824. The summed E-state index contributed by atoms with van der Waals surface area (Å²) in [6.45, 7) is 2.99. The van der Waals surface area contributed by atoms with E-state index >= 15 is 0 Å². The molecule has 5 nitrogen and oxygen atoms in total. The highest BCUT2D eigenvalue weighted by Crippen LogP contribution is 2.44. The van der Waals surface area contributed by atoms with Gasteiger partial charge in [0.05, 0.1) is 0 Å². The number of nitrogens with zero attached hydrogens (tertiary/aromatic N) is 1. The first kappa shape index (κ1) is 13.7. The number of carbonyl (C=O) groups is 2. The van der Waals surface area contributed by atoms with Gasteiger partial charge in [-0.05, 0) is 50.4 Å². The summed E-state index contributed by atoms with van der Waals surface area (Å²) >= 11 is 0. The highest BCUT2D eigenvalue weighted by Gasteiger charge is 2.42. The third-order valence-corrected chi connectivity index (χ3v) is 4.67. The Labute approximate surface area is 120 Å². The van der Waals surface area contributed by atoms with E-state index in [1.807, 2.05) is 4.90 Å². The quantitative estimate of drug-likeness (QED) is 0.819. The Bertz CT molecular complexity index is 379. The Hall–Kier alpha value is -1.26. The first-order valence-corrected chi connectivity index (χ1v) is 7.96. The molecule has 0 spiro atoms. The van der Waals surface area contributed by atoms with Gasteiger partial charge < -0.3 is 15.5 Å². The predicted octanol–water partition coefficient (Wildman–Crippen LogP) is 1.49. The molecule has 2 aliphatic carbocycles. The maximum atomic E-state index is 12.4. The van der Waals surface area contributed by atoms with Gasteiger partial charge >= 0.3 is 6.03 Å². The van der Waals surface area contributed by atoms with Crippen molar-refractivity contribution < 1.29 is 9.59 Å². The Morgan fingerprint density at radius 2 is 1.75 bits per heavy atom. The molecule has 20 heavy (non-hydrogen) atoms. The second-order valence-corrected chi connectivity index (χ2v) is 6.64. The summed E-state index contributed by atoms with van der Waals surface area (Å²) in [6, 6.07) is 0.597. The molecule has 3 aliphatic rings. The van der Waals surface area contributed by atoms with Crippen LogP contribution in [0.3, 0.4) is 0 Å². The van der Waals surface area contributed by atoms with Crippen LogP contribution < -0.4 is 10.6 Å². The standard InChI is InChI=1S/C15H25N3O2/c1-10(19)16-13-3-2-8-18(9-13)15(20)17-14(11-4-5-11)12-6-7-12/h11-14H,2-9H2,1H3,(H,16,19)(H,17,20). The monoisotopic (exact) mass is 279 g/mol. The molecular weight excluding hydrogens is 254 g/mol. The van der Waals surface area contributed by atoms with Crippen LogP contribution in [0.2, 0.25) is 0 Å². The summed E-state index contributed by atoms with van der Waals surface area (Å²) in [6.07, 6.45) is 7.03. The summed E-state index contributed by atoms with van der Waals surface area (Å²) < 4.78 is 0. The zero-order chi connectivity index (χ0) is 14.1. The Morgan fingerprint density at radius 3 is 2.30 bits per heavy atom. The number of amides is 3. The van der Waals surface area contributed by atoms with Crippen molar-refractivity contribution in [2.75, 3.05) is 13.1 Å². The molecule has 1 aliphatic heterocycles. The van der Waals surface area contributed by atoms with Gasteiger partial charge in [-0.2, -0.15) is 0 Å². The SMILES string of the molecule is CC(=O)NC1CCCN(C(=O)NC(C2CC2)C2CC2)C1. The van der Waals surface area contributed by atoms with Crippen LogP contribution in [0.5, 0.6) is 0 Å². The van der Waals surface area contributed by atoms with Crippen molar-refractivity contribution in [3.05, 3.63) is 0 Å². The molecule has 0 aromatic heterocycles. The van der Waals surface area contributed by atoms with Crippen molar-refractivity contribution in [3.8, 4) is 0 Å². The van der Waals surface area contributed by atoms with Crippen molar-refractivity contribution in [2.24, 2.45) is 11.8 Å². The van der Waals surface area contributed by atoms with E-state index in [1.165, 1.54) is 32.6 Å². The molecule has 1 heterocycles. The summed E-state index contributed by atoms with van der Waals surface area (Å²) in [4.78, 5) is 25.4. The molecule has 2 N–H and O–H groups in total. The largest absolute Gasteiger partial charge is 0.352 e. The van der Waals surface area contributed by atoms with Crippen molar-refractivity contribution in [1.29, 1.82) is 0 Å². The van der Waals surface area contributed by atoms with E-state index in [0.717, 1.165) is 31.2 Å². The maximum absolute atomic E-state index is 12.4. The summed E-state index contributed by atoms with van der Waals surface area (Å²) in [5.74, 6) is 1.44. The van der Waals surface area contributed by atoms with Crippen molar-refractivity contribution in [3.63, 3.8) is 0 Å². The highest BCUT2D eigenvalue weighted by molar-refractivity contribution is 5.75. The van der Waals surface area contributed by atoms with Crippen LogP contribution in [0.15, 0.2) is 0 Å². The molecule has 2 saturated carbocycles. The van der Waals surface area contributed by atoms with Gasteiger partial charge in [0.15, 0.2) is 0 Å². The summed E-state index contributed by atoms with van der Waals surface area (Å²) in [5.41, 5.74) is 0. The molecule has 3 fully saturated rings. The van der Waals surface area contributed by atoms with Crippen LogP contribution in [-0.2, 0) is 4.79 Å². The third-order valence-electron chi connectivity index (χ3n) is 4.67. The lowest BCUT2D eigenvalue weighted by Crippen LogP contribution is -2.54. The molecule has 0 bridgehead atoms. The number of likely N-dealkylation sites (tertiary alicyclic amines) is 1. The molecule has 1 saturated heterocycles. The zero-order valence-corrected chi connectivity index (χ0v) is 12.2. The van der Waals surface area contributed by atoms with Gasteiger partial charge in [0, 0.05) is 32.1 Å². The van der Waals surface area contributed by atoms with Crippen LogP contribution in [0, 0.1) is 11.8 Å². The number of urea groups is 1. The highest BCUT2D eigenvalue weighted by atomic mass is 16.2. The van der Waals surface area contributed by atoms with Gasteiger partial charge in [-0.3, -0.25) is 4.79 Å². The van der Waals surface area contributed by atoms with Crippen molar-refractivity contribution in [1.82, 2.24) is 15.5 Å². The lowest BCUT2D eigenvalue weighted by atomic mass is 10.1. The molecule has 3 amide bonds. The normalized spacial score (nSPS) is 26.5. The van der Waals surface area contributed by atoms with Gasteiger partial charge in [0.25, 0.3) is 0 Å². The minimum absolute atomic E-state index is 0.00824. The summed E-state index contributed by atoms with van der Waals surface area (Å²) in [7, 11) is 0. The lowest BCUT2D eigenvalue weighted by Gasteiger charge is -2.34. The van der Waals surface area contributed by atoms with E-state index in [-0.39, 0.29) is 18.0 Å².